The molecule has 5 rings (SSSR count). The standard InChI is InChI=1S/C70H98FN17O16/c1-7-87(8-2)31-30-77-67(100)61-40(4)54(81-41(61)5)34-49-48-33-47(71)20-22-55(48)88(69(49)102)70(103)104-38-44-13-18-46(19-14-44)45-16-11-43(12-17-45)15-21-50(63(96)79-36-59(94)82-51(23-27-73)64(97)78-35-56(75)91)84-65(98)52(24-28-74)85-66(99)53(25-29-76-58(93)32-39(3)89)83-60(95)37-80-68(101)62(42(6)90)86-57(92)10-9-26-72/h11-14,16-20,22,33-34,39,42,50-53,62,81,89-90H,7-10,15,21,23-32,35-38,72-74H2,1-6H3,(H2,75,91)(H,76,93)(H,77,100)(H,78,97)(H,79,96)(H,80,101)(H,82,94)(H,83,95)(H,84,98)(H,85,99)(H,86,92)/b49-34-/t39-,42-,50-,51+,52?,53+,62+/m1/s1. The van der Waals surface area contributed by atoms with Gasteiger partial charge in [-0.3, -0.25) is 57.5 Å². The van der Waals surface area contributed by atoms with Crippen LogP contribution in [0.1, 0.15) is 117 Å². The lowest BCUT2D eigenvalue weighted by atomic mass is 9.99. The summed E-state index contributed by atoms with van der Waals surface area (Å²) in [7, 11) is 0. The van der Waals surface area contributed by atoms with Gasteiger partial charge in [0.25, 0.3) is 11.8 Å². The van der Waals surface area contributed by atoms with Crippen molar-refractivity contribution in [1.82, 2.24) is 63.1 Å². The van der Waals surface area contributed by atoms with Crippen LogP contribution in [0.15, 0.2) is 66.7 Å². The third-order valence-corrected chi connectivity index (χ3v) is 16.7. The van der Waals surface area contributed by atoms with Crippen molar-refractivity contribution in [3.05, 3.63) is 112 Å². The van der Waals surface area contributed by atoms with E-state index < -0.39 is 139 Å². The quantitative estimate of drug-likeness (QED) is 0.0214. The SMILES string of the molecule is CCN(CC)CCNC(=O)c1c(C)[nH]c(/C=C2\C(=O)N(C(=O)OCc3ccc(-c4ccc(CC[C@@H](NC(=O)C(CCN)NC(=O)[C@H](CCNC(=O)C[C@@H](C)O)NC(=O)CNC(=O)[C@@H](NC(=O)CCCN)[C@@H](C)O)C(=O)NCC(=O)N[C@@H](CCN)C(=O)NCC(N)=O)cc4)cc3)c3ccc(F)cc32)c1C. The fourth-order valence-corrected chi connectivity index (χ4v) is 11.0. The molecule has 1 unspecified atom stereocenters. The number of H-pyrrole nitrogens is 1. The average molecular weight is 1450 g/mol. The van der Waals surface area contributed by atoms with Crippen molar-refractivity contribution in [2.75, 3.05) is 76.9 Å². The number of rotatable bonds is 42. The summed E-state index contributed by atoms with van der Waals surface area (Å²) in [5.41, 5.74) is 27.1. The predicted molar refractivity (Wildman–Crippen MR) is 382 cm³/mol. The van der Waals surface area contributed by atoms with Crippen molar-refractivity contribution in [2.24, 2.45) is 22.9 Å². The second-order valence-electron chi connectivity index (χ2n) is 24.8. The molecule has 7 atom stereocenters. The van der Waals surface area contributed by atoms with Crippen LogP contribution in [0.3, 0.4) is 0 Å². The van der Waals surface area contributed by atoms with Gasteiger partial charge in [-0.1, -0.05) is 62.4 Å². The Morgan fingerprint density at radius 1 is 0.625 bits per heavy atom. The Hall–Kier alpha value is -10.5. The van der Waals surface area contributed by atoms with E-state index in [1.165, 1.54) is 26.0 Å². The molecule has 2 heterocycles. The minimum absolute atomic E-state index is 0.0000911. The summed E-state index contributed by atoms with van der Waals surface area (Å²) in [5, 5.41) is 44.9. The van der Waals surface area contributed by atoms with E-state index in [1.807, 2.05) is 13.8 Å². The minimum atomic E-state index is -1.52. The number of aryl methyl sites for hydroxylation is 2. The first-order chi connectivity index (χ1) is 49.5. The van der Waals surface area contributed by atoms with E-state index in [0.717, 1.165) is 41.2 Å². The number of carbonyl (C=O) groups is 13. The number of fused-ring (bicyclic) bond motifs is 1. The van der Waals surface area contributed by atoms with Gasteiger partial charge in [0.2, 0.25) is 59.1 Å². The summed E-state index contributed by atoms with van der Waals surface area (Å²) in [4.78, 5) is 179. The number of imide groups is 1. The lowest BCUT2D eigenvalue weighted by Gasteiger charge is -2.26. The van der Waals surface area contributed by atoms with E-state index in [2.05, 4.69) is 63.1 Å². The number of nitrogens with one attached hydrogen (secondary N) is 11. The Bertz CT molecular complexity index is 3710. The topological polar surface area (TPSA) is 518 Å². The summed E-state index contributed by atoms with van der Waals surface area (Å²) in [6.45, 7) is 10.3. The molecule has 3 aromatic carbocycles. The Kier molecular flexibility index (Phi) is 34.1. The maximum Gasteiger partial charge on any atom is 0.421 e. The number of hydrogen-bond donors (Lipinski definition) is 17. The largest absolute Gasteiger partial charge is 0.444 e. The van der Waals surface area contributed by atoms with Crippen LogP contribution in [0.2, 0.25) is 0 Å². The zero-order chi connectivity index (χ0) is 76.7. The molecule has 0 saturated heterocycles. The number of nitrogens with zero attached hydrogens (tertiary/aromatic N) is 2. The van der Waals surface area contributed by atoms with Crippen molar-refractivity contribution in [1.29, 1.82) is 0 Å². The molecular weight excluding hydrogens is 1350 g/mol. The summed E-state index contributed by atoms with van der Waals surface area (Å²) in [6, 6.07) is 10.5. The van der Waals surface area contributed by atoms with E-state index in [1.54, 1.807) is 62.4 Å². The first-order valence-corrected chi connectivity index (χ1v) is 34.3. The van der Waals surface area contributed by atoms with Crippen molar-refractivity contribution >= 4 is 94.3 Å². The number of primary amides is 1. The van der Waals surface area contributed by atoms with Crippen molar-refractivity contribution in [3.63, 3.8) is 0 Å². The lowest BCUT2D eigenvalue weighted by molar-refractivity contribution is -0.135. The van der Waals surface area contributed by atoms with Crippen LogP contribution >= 0.6 is 0 Å². The van der Waals surface area contributed by atoms with E-state index >= 15 is 0 Å². The van der Waals surface area contributed by atoms with Crippen LogP contribution in [0, 0.1) is 19.7 Å². The fourth-order valence-electron chi connectivity index (χ4n) is 11.0. The molecule has 1 aliphatic rings. The van der Waals surface area contributed by atoms with E-state index in [4.69, 9.17) is 27.7 Å². The van der Waals surface area contributed by atoms with Crippen LogP contribution in [0.25, 0.3) is 22.8 Å². The molecule has 0 fully saturated rings. The highest BCUT2D eigenvalue weighted by Gasteiger charge is 2.39. The molecule has 0 saturated carbocycles. The summed E-state index contributed by atoms with van der Waals surface area (Å²) < 4.78 is 20.5. The second kappa shape index (κ2) is 42.2. The maximum atomic E-state index is 14.8. The van der Waals surface area contributed by atoms with Crippen LogP contribution in [-0.2, 0) is 70.5 Å². The van der Waals surface area contributed by atoms with Crippen molar-refractivity contribution < 1.29 is 81.7 Å². The van der Waals surface area contributed by atoms with Gasteiger partial charge in [-0.2, -0.15) is 0 Å². The summed E-state index contributed by atoms with van der Waals surface area (Å²) in [5.74, 6) is -10.1. The first-order valence-electron chi connectivity index (χ1n) is 34.3. The summed E-state index contributed by atoms with van der Waals surface area (Å²) in [6.07, 6.45) is -2.62. The monoisotopic (exact) mass is 1450 g/mol. The number of benzene rings is 3. The number of amides is 13. The zero-order valence-electron chi connectivity index (χ0n) is 59.3. The third-order valence-electron chi connectivity index (χ3n) is 16.7. The van der Waals surface area contributed by atoms with Gasteiger partial charge in [0.1, 0.15) is 42.6 Å². The Labute approximate surface area is 601 Å². The molecule has 566 valence electrons. The molecule has 34 heteroatoms. The van der Waals surface area contributed by atoms with Crippen LogP contribution in [-0.4, -0.2) is 211 Å². The van der Waals surface area contributed by atoms with Crippen molar-refractivity contribution in [3.8, 4) is 11.1 Å². The van der Waals surface area contributed by atoms with E-state index in [9.17, 15) is 76.9 Å². The number of carbonyl (C=O) groups excluding carboxylic acids is 13. The van der Waals surface area contributed by atoms with Gasteiger partial charge in [0.05, 0.1) is 55.1 Å². The van der Waals surface area contributed by atoms with Gasteiger partial charge in [-0.25, -0.2) is 14.1 Å². The Morgan fingerprint density at radius 2 is 1.17 bits per heavy atom. The average Bonchev–Trinajstić information content (AvgIpc) is 1.61. The van der Waals surface area contributed by atoms with E-state index in [-0.39, 0.29) is 100 Å². The second-order valence-corrected chi connectivity index (χ2v) is 24.8. The molecule has 0 spiro atoms. The van der Waals surface area contributed by atoms with Gasteiger partial charge in [-0.15, -0.1) is 0 Å². The molecule has 104 heavy (non-hydrogen) atoms. The predicted octanol–water partition coefficient (Wildman–Crippen LogP) is -1.98. The van der Waals surface area contributed by atoms with Gasteiger partial charge in [-0.05, 0) is 151 Å². The van der Waals surface area contributed by atoms with Gasteiger partial charge in [0, 0.05) is 43.0 Å². The summed E-state index contributed by atoms with van der Waals surface area (Å²) >= 11 is 0. The van der Waals surface area contributed by atoms with Gasteiger partial charge < -0.3 is 101 Å². The third kappa shape index (κ3) is 26.1. The van der Waals surface area contributed by atoms with Crippen LogP contribution in [0.4, 0.5) is 14.9 Å². The highest BCUT2D eigenvalue weighted by atomic mass is 19.1. The molecule has 1 aromatic heterocycles. The molecule has 21 N–H and O–H groups in total. The minimum Gasteiger partial charge on any atom is -0.444 e. The Morgan fingerprint density at radius 3 is 1.72 bits per heavy atom. The molecule has 13 amide bonds. The molecule has 0 aliphatic carbocycles. The number of aliphatic hydroxyl groups is 2. The van der Waals surface area contributed by atoms with Gasteiger partial charge in [0.15, 0.2) is 0 Å². The molecule has 0 radical (unpaired) electrons. The molecule has 4 aromatic rings. The molecular formula is C70H98FN17O16. The van der Waals surface area contributed by atoms with Crippen molar-refractivity contribution in [2.45, 2.75) is 142 Å². The lowest BCUT2D eigenvalue weighted by Crippen LogP contribution is -2.58. The number of halogens is 1. The Balaban J connectivity index is 1.30. The number of aromatic nitrogens is 1. The smallest absolute Gasteiger partial charge is 0.421 e. The van der Waals surface area contributed by atoms with Crippen LogP contribution in [0.5, 0.6) is 0 Å². The highest BCUT2D eigenvalue weighted by Crippen LogP contribution is 2.39. The number of ether oxygens (including phenoxy) is 1. The van der Waals surface area contributed by atoms with Gasteiger partial charge >= 0.3 is 6.09 Å². The zero-order valence-corrected chi connectivity index (χ0v) is 59.3. The number of nitrogens with two attached hydrogens (primary N) is 4. The molecule has 33 nitrogen and oxygen atoms in total. The maximum absolute atomic E-state index is 14.8. The number of likely N-dealkylation sites (N-methyl/N-ethyl adjacent to an activating group) is 1. The van der Waals surface area contributed by atoms with Crippen LogP contribution < -0.4 is 81.0 Å². The molecule has 0 bridgehead atoms. The normalized spacial score (nSPS) is 14.1. The van der Waals surface area contributed by atoms with E-state index in [0.29, 0.717) is 53.2 Å². The number of aliphatic hydroxyl groups excluding tert-OH is 2. The molecule has 1 aliphatic heterocycles. The number of anilines is 1. The fraction of sp³-hybridized carbons (Fsp3) is 0.471. The number of aromatic amines is 1. The first kappa shape index (κ1) is 84.1. The number of hydrogen-bond acceptors (Lipinski definition) is 20. The highest BCUT2D eigenvalue weighted by molar-refractivity contribution is 6.41.